The van der Waals surface area contributed by atoms with Crippen molar-refractivity contribution in [2.24, 2.45) is 4.99 Å². The Kier molecular flexibility index (Phi) is 8.82. The third-order valence-electron chi connectivity index (χ3n) is 3.46. The molecule has 1 rings (SSSR count). The zero-order valence-electron chi connectivity index (χ0n) is 14.6. The number of rotatable bonds is 8. The smallest absolute Gasteiger partial charge is 0.191 e. The first-order chi connectivity index (χ1) is 10.6. The molecule has 1 aromatic carbocycles. The molecule has 0 saturated carbocycles. The van der Waals surface area contributed by atoms with E-state index in [-0.39, 0.29) is 0 Å². The van der Waals surface area contributed by atoms with Gasteiger partial charge >= 0.3 is 0 Å². The number of anilines is 1. The fourth-order valence-corrected chi connectivity index (χ4v) is 2.71. The number of aliphatic imine (C=N–C) groups is 1. The molecular weight excluding hydrogens is 292 g/mol. The SMILES string of the molecule is CN=C(NCCCCSC)NCc1ccc(C)cc1N(C)C. The zero-order chi connectivity index (χ0) is 16.4. The van der Waals surface area contributed by atoms with Crippen LogP contribution in [-0.4, -0.2) is 45.7 Å². The molecule has 0 atom stereocenters. The van der Waals surface area contributed by atoms with Crippen molar-refractivity contribution in [2.45, 2.75) is 26.3 Å². The average Bonchev–Trinajstić information content (AvgIpc) is 2.50. The molecule has 0 aliphatic heterocycles. The lowest BCUT2D eigenvalue weighted by molar-refractivity contribution is 0.732. The molecule has 0 aliphatic carbocycles. The molecule has 0 unspecified atom stereocenters. The molecule has 0 aliphatic rings. The molecule has 0 aromatic heterocycles. The van der Waals surface area contributed by atoms with Crippen LogP contribution < -0.4 is 15.5 Å². The van der Waals surface area contributed by atoms with Crippen LogP contribution in [0.25, 0.3) is 0 Å². The van der Waals surface area contributed by atoms with Crippen LogP contribution in [0.15, 0.2) is 23.2 Å². The van der Waals surface area contributed by atoms with Crippen molar-refractivity contribution in [1.29, 1.82) is 0 Å². The van der Waals surface area contributed by atoms with Crippen molar-refractivity contribution in [1.82, 2.24) is 10.6 Å². The van der Waals surface area contributed by atoms with Gasteiger partial charge in [0.2, 0.25) is 0 Å². The summed E-state index contributed by atoms with van der Waals surface area (Å²) in [5.74, 6) is 2.10. The maximum Gasteiger partial charge on any atom is 0.191 e. The van der Waals surface area contributed by atoms with E-state index in [4.69, 9.17) is 0 Å². The molecule has 124 valence electrons. The predicted molar refractivity (Wildman–Crippen MR) is 101 cm³/mol. The third kappa shape index (κ3) is 6.60. The van der Waals surface area contributed by atoms with Crippen LogP contribution in [0.4, 0.5) is 5.69 Å². The minimum Gasteiger partial charge on any atom is -0.377 e. The molecule has 0 amide bonds. The minimum atomic E-state index is 0.776. The van der Waals surface area contributed by atoms with Gasteiger partial charge in [0.15, 0.2) is 5.96 Å². The first-order valence-corrected chi connectivity index (χ1v) is 9.18. The number of hydrogen-bond acceptors (Lipinski definition) is 3. The van der Waals surface area contributed by atoms with E-state index in [1.54, 1.807) is 0 Å². The molecule has 4 nitrogen and oxygen atoms in total. The van der Waals surface area contributed by atoms with E-state index < -0.39 is 0 Å². The topological polar surface area (TPSA) is 39.7 Å². The number of thioether (sulfide) groups is 1. The molecule has 22 heavy (non-hydrogen) atoms. The van der Waals surface area contributed by atoms with Gasteiger partial charge in [-0.2, -0.15) is 11.8 Å². The van der Waals surface area contributed by atoms with E-state index in [0.29, 0.717) is 0 Å². The van der Waals surface area contributed by atoms with Crippen molar-refractivity contribution in [3.05, 3.63) is 29.3 Å². The Bertz CT molecular complexity index is 472. The molecule has 0 heterocycles. The van der Waals surface area contributed by atoms with Gasteiger partial charge in [-0.05, 0) is 49.0 Å². The van der Waals surface area contributed by atoms with Crippen LogP contribution in [0.5, 0.6) is 0 Å². The number of aryl methyl sites for hydroxylation is 1. The van der Waals surface area contributed by atoms with Crippen LogP contribution in [0, 0.1) is 6.92 Å². The molecule has 5 heteroatoms. The van der Waals surface area contributed by atoms with Gasteiger partial charge in [0.25, 0.3) is 0 Å². The van der Waals surface area contributed by atoms with Gasteiger partial charge in [-0.1, -0.05) is 12.1 Å². The number of benzene rings is 1. The summed E-state index contributed by atoms with van der Waals surface area (Å²) in [6.45, 7) is 3.87. The molecule has 0 radical (unpaired) electrons. The lowest BCUT2D eigenvalue weighted by Gasteiger charge is -2.19. The Morgan fingerprint density at radius 2 is 2.00 bits per heavy atom. The van der Waals surface area contributed by atoms with Crippen molar-refractivity contribution in [2.75, 3.05) is 44.6 Å². The summed E-state index contributed by atoms with van der Waals surface area (Å²) in [7, 11) is 5.98. The van der Waals surface area contributed by atoms with Crippen molar-refractivity contribution in [3.8, 4) is 0 Å². The molecular formula is C17H30N4S. The normalized spacial score (nSPS) is 11.4. The monoisotopic (exact) mass is 322 g/mol. The van der Waals surface area contributed by atoms with Crippen LogP contribution in [0.3, 0.4) is 0 Å². The summed E-state index contributed by atoms with van der Waals surface area (Å²) in [5.41, 5.74) is 3.81. The van der Waals surface area contributed by atoms with Crippen molar-refractivity contribution in [3.63, 3.8) is 0 Å². The Balaban J connectivity index is 2.50. The van der Waals surface area contributed by atoms with E-state index in [1.807, 2.05) is 18.8 Å². The van der Waals surface area contributed by atoms with Crippen LogP contribution in [0.1, 0.15) is 24.0 Å². The second-order valence-electron chi connectivity index (χ2n) is 5.58. The summed E-state index contributed by atoms with van der Waals surface area (Å²) in [4.78, 5) is 6.44. The second-order valence-corrected chi connectivity index (χ2v) is 6.56. The van der Waals surface area contributed by atoms with E-state index in [9.17, 15) is 0 Å². The quantitative estimate of drug-likeness (QED) is 0.439. The molecule has 0 bridgehead atoms. The van der Waals surface area contributed by atoms with Gasteiger partial charge in [-0.15, -0.1) is 0 Å². The Labute approximate surface area is 139 Å². The standard InChI is InChI=1S/C17H30N4S/c1-14-8-9-15(16(12-14)21(3)4)13-20-17(18-2)19-10-6-7-11-22-5/h8-9,12H,6-7,10-11,13H2,1-5H3,(H2,18,19,20). The predicted octanol–water partition coefficient (Wildman–Crippen LogP) is 2.87. The maximum atomic E-state index is 4.29. The summed E-state index contributed by atoms with van der Waals surface area (Å²) in [5, 5.41) is 6.77. The number of unbranched alkanes of at least 4 members (excludes halogenated alkanes) is 1. The van der Waals surface area contributed by atoms with Gasteiger partial charge in [0.1, 0.15) is 0 Å². The number of hydrogen-bond donors (Lipinski definition) is 2. The van der Waals surface area contributed by atoms with Gasteiger partial charge in [-0.25, -0.2) is 0 Å². The van der Waals surface area contributed by atoms with Crippen LogP contribution in [-0.2, 0) is 6.54 Å². The second kappa shape index (κ2) is 10.4. The zero-order valence-corrected chi connectivity index (χ0v) is 15.4. The molecule has 0 spiro atoms. The van der Waals surface area contributed by atoms with Gasteiger partial charge < -0.3 is 15.5 Å². The molecule has 1 aromatic rings. The highest BCUT2D eigenvalue weighted by Gasteiger charge is 2.06. The minimum absolute atomic E-state index is 0.776. The Hall–Kier alpha value is -1.36. The molecule has 0 fully saturated rings. The first kappa shape index (κ1) is 18.7. The highest BCUT2D eigenvalue weighted by atomic mass is 32.2. The summed E-state index contributed by atoms with van der Waals surface area (Å²) >= 11 is 1.90. The first-order valence-electron chi connectivity index (χ1n) is 7.78. The number of nitrogens with zero attached hydrogens (tertiary/aromatic N) is 2. The Morgan fingerprint density at radius 3 is 2.64 bits per heavy atom. The Morgan fingerprint density at radius 1 is 1.23 bits per heavy atom. The van der Waals surface area contributed by atoms with Gasteiger partial charge in [0.05, 0.1) is 0 Å². The van der Waals surface area contributed by atoms with Crippen LogP contribution in [0.2, 0.25) is 0 Å². The maximum absolute atomic E-state index is 4.29. The van der Waals surface area contributed by atoms with E-state index in [0.717, 1.165) is 19.0 Å². The lowest BCUT2D eigenvalue weighted by Crippen LogP contribution is -2.37. The fraction of sp³-hybridized carbons (Fsp3) is 0.588. The van der Waals surface area contributed by atoms with Crippen molar-refractivity contribution < 1.29 is 0 Å². The summed E-state index contributed by atoms with van der Waals surface area (Å²) < 4.78 is 0. The highest BCUT2D eigenvalue weighted by molar-refractivity contribution is 7.98. The molecule has 2 N–H and O–H groups in total. The average molecular weight is 323 g/mol. The van der Waals surface area contributed by atoms with Gasteiger partial charge in [-0.3, -0.25) is 4.99 Å². The van der Waals surface area contributed by atoms with Gasteiger partial charge in [0, 0.05) is 39.9 Å². The summed E-state index contributed by atoms with van der Waals surface area (Å²) in [6.07, 6.45) is 4.57. The highest BCUT2D eigenvalue weighted by Crippen LogP contribution is 2.20. The third-order valence-corrected chi connectivity index (χ3v) is 4.16. The van der Waals surface area contributed by atoms with Crippen LogP contribution >= 0.6 is 11.8 Å². The number of nitrogens with one attached hydrogen (secondary N) is 2. The van der Waals surface area contributed by atoms with E-state index in [1.165, 1.54) is 35.4 Å². The summed E-state index contributed by atoms with van der Waals surface area (Å²) in [6, 6.07) is 6.56. The number of guanidine groups is 1. The molecule has 0 saturated heterocycles. The largest absolute Gasteiger partial charge is 0.377 e. The van der Waals surface area contributed by atoms with E-state index >= 15 is 0 Å². The van der Waals surface area contributed by atoms with E-state index in [2.05, 4.69) is 66.0 Å². The fourth-order valence-electron chi connectivity index (χ4n) is 2.22. The lowest BCUT2D eigenvalue weighted by atomic mass is 10.1. The van der Waals surface area contributed by atoms with Crippen molar-refractivity contribution >= 4 is 23.4 Å².